The van der Waals surface area contributed by atoms with Gasteiger partial charge in [-0.1, -0.05) is 17.7 Å². The van der Waals surface area contributed by atoms with Crippen LogP contribution < -0.4 is 5.32 Å². The van der Waals surface area contributed by atoms with E-state index in [0.29, 0.717) is 24.5 Å². The molecule has 0 fully saturated rings. The van der Waals surface area contributed by atoms with Crippen LogP contribution in [0.15, 0.2) is 22.7 Å². The van der Waals surface area contributed by atoms with Gasteiger partial charge in [-0.25, -0.2) is 0 Å². The van der Waals surface area contributed by atoms with Crippen molar-refractivity contribution in [1.82, 2.24) is 10.2 Å². The molecule has 5 heteroatoms. The van der Waals surface area contributed by atoms with Crippen LogP contribution in [-0.2, 0) is 11.3 Å². The lowest BCUT2D eigenvalue weighted by Crippen LogP contribution is -2.26. The van der Waals surface area contributed by atoms with E-state index in [1.165, 1.54) is 0 Å². The molecule has 0 saturated carbocycles. The van der Waals surface area contributed by atoms with E-state index < -0.39 is 0 Å². The SMILES string of the molecule is CN(C)C(=O)CCNCc1ccc(Br)c(Cl)c1. The second-order valence-electron chi connectivity index (χ2n) is 3.96. The minimum atomic E-state index is 0.131. The van der Waals surface area contributed by atoms with Crippen LogP contribution in [0.1, 0.15) is 12.0 Å². The topological polar surface area (TPSA) is 32.3 Å². The molecule has 0 radical (unpaired) electrons. The molecule has 0 unspecified atom stereocenters. The molecule has 0 atom stereocenters. The first-order chi connectivity index (χ1) is 8.00. The Morgan fingerprint density at radius 1 is 1.47 bits per heavy atom. The van der Waals surface area contributed by atoms with Gasteiger partial charge in [0.2, 0.25) is 5.91 Å². The van der Waals surface area contributed by atoms with E-state index in [9.17, 15) is 4.79 Å². The van der Waals surface area contributed by atoms with E-state index >= 15 is 0 Å². The van der Waals surface area contributed by atoms with Crippen LogP contribution in [-0.4, -0.2) is 31.4 Å². The normalized spacial score (nSPS) is 10.4. The molecular formula is C12H16BrClN2O. The van der Waals surface area contributed by atoms with Crippen molar-refractivity contribution in [2.75, 3.05) is 20.6 Å². The Labute approximate surface area is 115 Å². The zero-order valence-corrected chi connectivity index (χ0v) is 12.3. The Bertz CT molecular complexity index is 396. The fraction of sp³-hybridized carbons (Fsp3) is 0.417. The highest BCUT2D eigenvalue weighted by Crippen LogP contribution is 2.22. The molecule has 0 aliphatic rings. The zero-order chi connectivity index (χ0) is 12.8. The maximum Gasteiger partial charge on any atom is 0.223 e. The standard InChI is InChI=1S/C12H16BrClN2O/c1-16(2)12(17)5-6-15-8-9-3-4-10(13)11(14)7-9/h3-4,7,15H,5-6,8H2,1-2H3. The Hall–Kier alpha value is -0.580. The van der Waals surface area contributed by atoms with Crippen LogP contribution in [0.5, 0.6) is 0 Å². The van der Waals surface area contributed by atoms with Crippen molar-refractivity contribution >= 4 is 33.4 Å². The minimum Gasteiger partial charge on any atom is -0.349 e. The van der Waals surface area contributed by atoms with E-state index in [-0.39, 0.29) is 5.91 Å². The number of hydrogen-bond donors (Lipinski definition) is 1. The van der Waals surface area contributed by atoms with Gasteiger partial charge in [0.1, 0.15) is 0 Å². The molecule has 3 nitrogen and oxygen atoms in total. The minimum absolute atomic E-state index is 0.131. The highest BCUT2D eigenvalue weighted by atomic mass is 79.9. The average molecular weight is 320 g/mol. The van der Waals surface area contributed by atoms with Gasteiger partial charge < -0.3 is 10.2 Å². The van der Waals surface area contributed by atoms with Crippen LogP contribution in [0.4, 0.5) is 0 Å². The summed E-state index contributed by atoms with van der Waals surface area (Å²) in [5.74, 6) is 0.131. The van der Waals surface area contributed by atoms with E-state index in [0.717, 1.165) is 10.0 Å². The number of benzene rings is 1. The van der Waals surface area contributed by atoms with Gasteiger partial charge in [-0.3, -0.25) is 4.79 Å². The third kappa shape index (κ3) is 5.06. The van der Waals surface area contributed by atoms with Crippen molar-refractivity contribution in [3.05, 3.63) is 33.3 Å². The molecule has 0 heterocycles. The predicted octanol–water partition coefficient (Wildman–Crippen LogP) is 2.67. The van der Waals surface area contributed by atoms with Crippen molar-refractivity contribution in [2.45, 2.75) is 13.0 Å². The van der Waals surface area contributed by atoms with E-state index in [4.69, 9.17) is 11.6 Å². The zero-order valence-electron chi connectivity index (χ0n) is 9.96. The fourth-order valence-electron chi connectivity index (χ4n) is 1.30. The average Bonchev–Trinajstić information content (AvgIpc) is 2.28. The summed E-state index contributed by atoms with van der Waals surface area (Å²) in [6, 6.07) is 5.83. The molecule has 1 amide bonds. The van der Waals surface area contributed by atoms with Gasteiger partial charge in [-0.15, -0.1) is 0 Å². The number of nitrogens with one attached hydrogen (secondary N) is 1. The van der Waals surface area contributed by atoms with Gasteiger partial charge in [0, 0.05) is 38.1 Å². The Morgan fingerprint density at radius 2 is 2.18 bits per heavy atom. The van der Waals surface area contributed by atoms with E-state index in [1.807, 2.05) is 18.2 Å². The first-order valence-corrected chi connectivity index (χ1v) is 6.52. The summed E-state index contributed by atoms with van der Waals surface area (Å²) < 4.78 is 0.894. The third-order valence-corrected chi connectivity index (χ3v) is 3.56. The van der Waals surface area contributed by atoms with Gasteiger partial charge in [0.15, 0.2) is 0 Å². The number of nitrogens with zero attached hydrogens (tertiary/aromatic N) is 1. The van der Waals surface area contributed by atoms with Gasteiger partial charge in [0.25, 0.3) is 0 Å². The van der Waals surface area contributed by atoms with Crippen molar-refractivity contribution in [3.8, 4) is 0 Å². The van der Waals surface area contributed by atoms with Crippen molar-refractivity contribution in [2.24, 2.45) is 0 Å². The van der Waals surface area contributed by atoms with Crippen LogP contribution in [0.2, 0.25) is 5.02 Å². The Balaban J connectivity index is 2.31. The molecular weight excluding hydrogens is 304 g/mol. The van der Waals surface area contributed by atoms with Crippen LogP contribution >= 0.6 is 27.5 Å². The van der Waals surface area contributed by atoms with Gasteiger partial charge in [-0.05, 0) is 33.6 Å². The summed E-state index contributed by atoms with van der Waals surface area (Å²) >= 11 is 9.33. The van der Waals surface area contributed by atoms with Crippen LogP contribution in [0.25, 0.3) is 0 Å². The Morgan fingerprint density at radius 3 is 2.76 bits per heavy atom. The maximum atomic E-state index is 11.3. The molecule has 0 aliphatic heterocycles. The fourth-order valence-corrected chi connectivity index (χ4v) is 1.75. The quantitative estimate of drug-likeness (QED) is 0.846. The van der Waals surface area contributed by atoms with E-state index in [1.54, 1.807) is 19.0 Å². The summed E-state index contributed by atoms with van der Waals surface area (Å²) in [6.45, 7) is 1.39. The second-order valence-corrected chi connectivity index (χ2v) is 5.22. The first kappa shape index (κ1) is 14.5. The summed E-state index contributed by atoms with van der Waals surface area (Å²) in [5, 5.41) is 3.92. The lowest BCUT2D eigenvalue weighted by atomic mass is 10.2. The molecule has 17 heavy (non-hydrogen) atoms. The molecule has 0 bridgehead atoms. The molecule has 1 aromatic rings. The highest BCUT2D eigenvalue weighted by molar-refractivity contribution is 9.10. The lowest BCUT2D eigenvalue weighted by Gasteiger charge is -2.10. The van der Waals surface area contributed by atoms with Gasteiger partial charge >= 0.3 is 0 Å². The summed E-state index contributed by atoms with van der Waals surface area (Å²) in [7, 11) is 3.52. The number of carbonyl (C=O) groups is 1. The number of hydrogen-bond acceptors (Lipinski definition) is 2. The second kappa shape index (κ2) is 6.99. The monoisotopic (exact) mass is 318 g/mol. The number of rotatable bonds is 5. The number of halogens is 2. The summed E-state index contributed by atoms with van der Waals surface area (Å²) in [4.78, 5) is 12.9. The lowest BCUT2D eigenvalue weighted by molar-refractivity contribution is -0.128. The van der Waals surface area contributed by atoms with Crippen LogP contribution in [0.3, 0.4) is 0 Å². The molecule has 94 valence electrons. The van der Waals surface area contributed by atoms with Crippen LogP contribution in [0, 0.1) is 0 Å². The molecule has 1 aromatic carbocycles. The molecule has 0 saturated heterocycles. The first-order valence-electron chi connectivity index (χ1n) is 5.35. The summed E-state index contributed by atoms with van der Waals surface area (Å²) in [6.07, 6.45) is 0.511. The molecule has 0 aromatic heterocycles. The van der Waals surface area contributed by atoms with Gasteiger partial charge in [-0.2, -0.15) is 0 Å². The van der Waals surface area contributed by atoms with Crippen molar-refractivity contribution < 1.29 is 4.79 Å². The summed E-state index contributed by atoms with van der Waals surface area (Å²) in [5.41, 5.74) is 1.11. The predicted molar refractivity (Wildman–Crippen MR) is 74.2 cm³/mol. The number of amides is 1. The Kier molecular flexibility index (Phi) is 5.95. The highest BCUT2D eigenvalue weighted by Gasteiger charge is 2.03. The van der Waals surface area contributed by atoms with Crippen molar-refractivity contribution in [1.29, 1.82) is 0 Å². The molecule has 0 spiro atoms. The largest absolute Gasteiger partial charge is 0.349 e. The van der Waals surface area contributed by atoms with Crippen molar-refractivity contribution in [3.63, 3.8) is 0 Å². The molecule has 0 aliphatic carbocycles. The van der Waals surface area contributed by atoms with E-state index in [2.05, 4.69) is 21.2 Å². The maximum absolute atomic E-state index is 11.3. The number of carbonyl (C=O) groups excluding carboxylic acids is 1. The molecule has 1 rings (SSSR count). The third-order valence-electron chi connectivity index (χ3n) is 2.33. The smallest absolute Gasteiger partial charge is 0.223 e. The van der Waals surface area contributed by atoms with Gasteiger partial charge in [0.05, 0.1) is 5.02 Å². The molecule has 1 N–H and O–H groups in total.